The first-order valence-corrected chi connectivity index (χ1v) is 6.05. The van der Waals surface area contributed by atoms with Gasteiger partial charge < -0.3 is 10.1 Å². The van der Waals surface area contributed by atoms with Gasteiger partial charge in [-0.2, -0.15) is 5.26 Å². The Morgan fingerprint density at radius 2 is 2.35 bits per heavy atom. The van der Waals surface area contributed by atoms with Crippen molar-refractivity contribution in [2.24, 2.45) is 0 Å². The van der Waals surface area contributed by atoms with Crippen LogP contribution >= 0.6 is 15.9 Å². The summed E-state index contributed by atoms with van der Waals surface area (Å²) in [5.41, 5.74) is 1.45. The molecule has 0 atom stereocenters. The van der Waals surface area contributed by atoms with Crippen LogP contribution < -0.4 is 5.32 Å². The fourth-order valence-electron chi connectivity index (χ4n) is 1.26. The lowest BCUT2D eigenvalue weighted by Crippen LogP contribution is -2.11. The molecular formula is C12H13BrN2O2. The first kappa shape index (κ1) is 13.5. The molecule has 0 aliphatic carbocycles. The number of hydrogen-bond donors (Lipinski definition) is 1. The Kier molecular flexibility index (Phi) is 5.50. The molecule has 0 heterocycles. The van der Waals surface area contributed by atoms with E-state index in [0.29, 0.717) is 25.1 Å². The maximum absolute atomic E-state index is 11.1. The van der Waals surface area contributed by atoms with Gasteiger partial charge in [-0.25, -0.2) is 0 Å². The van der Waals surface area contributed by atoms with E-state index in [-0.39, 0.29) is 5.97 Å². The quantitative estimate of drug-likeness (QED) is 0.849. The zero-order valence-corrected chi connectivity index (χ0v) is 11.1. The van der Waals surface area contributed by atoms with Crippen molar-refractivity contribution in [3.05, 3.63) is 28.2 Å². The van der Waals surface area contributed by atoms with Crippen molar-refractivity contribution in [3.8, 4) is 6.07 Å². The number of rotatable bonds is 5. The van der Waals surface area contributed by atoms with Crippen LogP contribution in [0.15, 0.2) is 22.7 Å². The van der Waals surface area contributed by atoms with E-state index in [1.807, 2.05) is 0 Å². The van der Waals surface area contributed by atoms with E-state index in [1.165, 1.54) is 0 Å². The van der Waals surface area contributed by atoms with Gasteiger partial charge in [-0.3, -0.25) is 4.79 Å². The van der Waals surface area contributed by atoms with Crippen LogP contribution in [0.25, 0.3) is 0 Å². The SMILES string of the molecule is CCOC(=O)CCNc1ccc(C#N)cc1Br. The monoisotopic (exact) mass is 296 g/mol. The molecule has 0 amide bonds. The highest BCUT2D eigenvalue weighted by atomic mass is 79.9. The number of nitrogens with one attached hydrogen (secondary N) is 1. The molecule has 0 spiro atoms. The Hall–Kier alpha value is -1.54. The van der Waals surface area contributed by atoms with Gasteiger partial charge in [0, 0.05) is 16.7 Å². The molecule has 0 bridgehead atoms. The molecule has 17 heavy (non-hydrogen) atoms. The highest BCUT2D eigenvalue weighted by molar-refractivity contribution is 9.10. The van der Waals surface area contributed by atoms with Crippen LogP contribution in [-0.2, 0) is 9.53 Å². The standard InChI is InChI=1S/C12H13BrN2O2/c1-2-17-12(16)5-6-15-11-4-3-9(8-14)7-10(11)13/h3-4,7,15H,2,5-6H2,1H3. The number of hydrogen-bond acceptors (Lipinski definition) is 4. The Morgan fingerprint density at radius 1 is 1.59 bits per heavy atom. The number of carbonyl (C=O) groups is 1. The summed E-state index contributed by atoms with van der Waals surface area (Å²) in [7, 11) is 0. The van der Waals surface area contributed by atoms with E-state index in [0.717, 1.165) is 10.2 Å². The van der Waals surface area contributed by atoms with Crippen LogP contribution in [0, 0.1) is 11.3 Å². The van der Waals surface area contributed by atoms with E-state index in [4.69, 9.17) is 10.00 Å². The van der Waals surface area contributed by atoms with E-state index in [9.17, 15) is 4.79 Å². The lowest BCUT2D eigenvalue weighted by molar-refractivity contribution is -0.142. The Bertz CT molecular complexity index is 441. The summed E-state index contributed by atoms with van der Waals surface area (Å²) >= 11 is 3.36. The molecule has 1 rings (SSSR count). The predicted molar refractivity (Wildman–Crippen MR) is 68.6 cm³/mol. The number of anilines is 1. The molecule has 0 unspecified atom stereocenters. The molecule has 0 saturated heterocycles. The summed E-state index contributed by atoms with van der Waals surface area (Å²) in [4.78, 5) is 11.1. The number of esters is 1. The normalized spacial score (nSPS) is 9.47. The number of carbonyl (C=O) groups excluding carboxylic acids is 1. The number of benzene rings is 1. The lowest BCUT2D eigenvalue weighted by atomic mass is 10.2. The van der Waals surface area contributed by atoms with Gasteiger partial charge in [-0.15, -0.1) is 0 Å². The second kappa shape index (κ2) is 6.92. The van der Waals surface area contributed by atoms with Gasteiger partial charge >= 0.3 is 5.97 Å². The zero-order valence-electron chi connectivity index (χ0n) is 9.50. The largest absolute Gasteiger partial charge is 0.466 e. The first-order chi connectivity index (χ1) is 8.17. The third kappa shape index (κ3) is 4.45. The van der Waals surface area contributed by atoms with Gasteiger partial charge in [0.05, 0.1) is 24.7 Å². The molecule has 1 N–H and O–H groups in total. The van der Waals surface area contributed by atoms with Gasteiger partial charge in [-0.1, -0.05) is 0 Å². The third-order valence-corrected chi connectivity index (χ3v) is 2.70. The van der Waals surface area contributed by atoms with Crippen molar-refractivity contribution < 1.29 is 9.53 Å². The van der Waals surface area contributed by atoms with Gasteiger partial charge in [0.15, 0.2) is 0 Å². The molecule has 0 fully saturated rings. The van der Waals surface area contributed by atoms with Crippen molar-refractivity contribution in [2.45, 2.75) is 13.3 Å². The summed E-state index contributed by atoms with van der Waals surface area (Å²) in [6.07, 6.45) is 0.320. The van der Waals surface area contributed by atoms with Crippen LogP contribution in [0.1, 0.15) is 18.9 Å². The van der Waals surface area contributed by atoms with Crippen molar-refractivity contribution in [1.29, 1.82) is 5.26 Å². The molecule has 4 nitrogen and oxygen atoms in total. The average molecular weight is 297 g/mol. The molecule has 0 aliphatic rings. The number of nitriles is 1. The fraction of sp³-hybridized carbons (Fsp3) is 0.333. The van der Waals surface area contributed by atoms with Crippen LogP contribution in [0.3, 0.4) is 0 Å². The molecule has 90 valence electrons. The van der Waals surface area contributed by atoms with Crippen molar-refractivity contribution in [3.63, 3.8) is 0 Å². The summed E-state index contributed by atoms with van der Waals surface area (Å²) in [5.74, 6) is -0.218. The van der Waals surface area contributed by atoms with E-state index < -0.39 is 0 Å². The molecule has 0 radical (unpaired) electrons. The van der Waals surface area contributed by atoms with Crippen LogP contribution in [0.4, 0.5) is 5.69 Å². The van der Waals surface area contributed by atoms with Gasteiger partial charge in [-0.05, 0) is 41.1 Å². The van der Waals surface area contributed by atoms with E-state index >= 15 is 0 Å². The topological polar surface area (TPSA) is 62.1 Å². The molecule has 1 aromatic carbocycles. The predicted octanol–water partition coefficient (Wildman–Crippen LogP) is 2.69. The minimum atomic E-state index is -0.218. The Labute approximate surface area is 109 Å². The summed E-state index contributed by atoms with van der Waals surface area (Å²) < 4.78 is 5.62. The average Bonchev–Trinajstić information content (AvgIpc) is 2.31. The second-order valence-corrected chi connectivity index (χ2v) is 4.14. The molecule has 0 aromatic heterocycles. The molecule has 0 aliphatic heterocycles. The summed E-state index contributed by atoms with van der Waals surface area (Å²) in [6.45, 7) is 2.69. The Morgan fingerprint density at radius 3 is 2.94 bits per heavy atom. The van der Waals surface area contributed by atoms with E-state index in [2.05, 4.69) is 27.3 Å². The first-order valence-electron chi connectivity index (χ1n) is 5.26. The number of nitrogens with zero attached hydrogens (tertiary/aromatic N) is 1. The van der Waals surface area contributed by atoms with Crippen molar-refractivity contribution >= 4 is 27.6 Å². The minimum Gasteiger partial charge on any atom is -0.466 e. The number of halogens is 1. The Balaban J connectivity index is 2.47. The lowest BCUT2D eigenvalue weighted by Gasteiger charge is -2.08. The molecule has 1 aromatic rings. The van der Waals surface area contributed by atoms with Gasteiger partial charge in [0.2, 0.25) is 0 Å². The smallest absolute Gasteiger partial charge is 0.307 e. The summed E-state index contributed by atoms with van der Waals surface area (Å²) in [5, 5.41) is 11.8. The van der Waals surface area contributed by atoms with Gasteiger partial charge in [0.1, 0.15) is 0 Å². The van der Waals surface area contributed by atoms with Crippen LogP contribution in [-0.4, -0.2) is 19.1 Å². The van der Waals surface area contributed by atoms with E-state index in [1.54, 1.807) is 25.1 Å². The summed E-state index contributed by atoms with van der Waals surface area (Å²) in [6, 6.07) is 7.30. The van der Waals surface area contributed by atoms with Crippen molar-refractivity contribution in [1.82, 2.24) is 0 Å². The maximum atomic E-state index is 11.1. The molecule has 5 heteroatoms. The molecule has 0 saturated carbocycles. The second-order valence-electron chi connectivity index (χ2n) is 3.29. The number of ether oxygens (including phenoxy) is 1. The highest BCUT2D eigenvalue weighted by Crippen LogP contribution is 2.23. The molecular weight excluding hydrogens is 284 g/mol. The fourth-order valence-corrected chi connectivity index (χ4v) is 1.78. The van der Waals surface area contributed by atoms with Crippen LogP contribution in [0.2, 0.25) is 0 Å². The maximum Gasteiger partial charge on any atom is 0.307 e. The third-order valence-electron chi connectivity index (χ3n) is 2.05. The minimum absolute atomic E-state index is 0.218. The zero-order chi connectivity index (χ0) is 12.7. The van der Waals surface area contributed by atoms with Gasteiger partial charge in [0.25, 0.3) is 0 Å². The van der Waals surface area contributed by atoms with Crippen molar-refractivity contribution in [2.75, 3.05) is 18.5 Å². The van der Waals surface area contributed by atoms with Crippen LogP contribution in [0.5, 0.6) is 0 Å². The highest BCUT2D eigenvalue weighted by Gasteiger charge is 2.03.